The van der Waals surface area contributed by atoms with Crippen LogP contribution in [0, 0.1) is 0 Å². The van der Waals surface area contributed by atoms with Crippen molar-refractivity contribution in [3.05, 3.63) is 23.2 Å². The van der Waals surface area contributed by atoms with Gasteiger partial charge in [-0.15, -0.1) is 0 Å². The normalized spacial score (nSPS) is 10.2. The molecule has 0 aliphatic rings. The molecule has 0 heterocycles. The highest BCUT2D eigenvalue weighted by molar-refractivity contribution is 7.80. The van der Waals surface area contributed by atoms with Gasteiger partial charge in [-0.3, -0.25) is 0 Å². The average Bonchev–Trinajstić information content (AvgIpc) is 2.15. The summed E-state index contributed by atoms with van der Waals surface area (Å²) >= 11 is 10.4. The molecule has 1 aromatic rings. The van der Waals surface area contributed by atoms with E-state index >= 15 is 0 Å². The minimum atomic E-state index is -2.54. The Morgan fingerprint density at radius 3 is 2.75 bits per heavy atom. The highest BCUT2D eigenvalue weighted by Gasteiger charge is 2.07. The van der Waals surface area contributed by atoms with Gasteiger partial charge in [0.25, 0.3) is 6.43 Å². The number of alkyl halides is 2. The fraction of sp³-hybridized carbons (Fsp3) is 0.222. The van der Waals surface area contributed by atoms with E-state index in [-0.39, 0.29) is 15.9 Å². The Balaban J connectivity index is 2.71. The monoisotopic (exact) mass is 266 g/mol. The summed E-state index contributed by atoms with van der Waals surface area (Å²) < 4.78 is 28.6. The van der Waals surface area contributed by atoms with E-state index in [1.807, 2.05) is 0 Å². The molecule has 0 saturated heterocycles. The second-order valence-electron chi connectivity index (χ2n) is 2.84. The number of anilines is 1. The van der Waals surface area contributed by atoms with E-state index in [4.69, 9.17) is 22.1 Å². The van der Waals surface area contributed by atoms with Crippen molar-refractivity contribution >= 4 is 34.6 Å². The number of halogens is 3. The minimum absolute atomic E-state index is 0.0947. The summed E-state index contributed by atoms with van der Waals surface area (Å²) in [5, 5.41) is 2.96. The number of nitrogens with one attached hydrogen (secondary N) is 1. The molecular weight excluding hydrogens is 258 g/mol. The Morgan fingerprint density at radius 1 is 1.56 bits per heavy atom. The van der Waals surface area contributed by atoms with E-state index in [0.29, 0.717) is 5.69 Å². The van der Waals surface area contributed by atoms with Crippen molar-refractivity contribution in [1.29, 1.82) is 0 Å². The summed E-state index contributed by atoms with van der Waals surface area (Å²) in [7, 11) is 0. The zero-order valence-electron chi connectivity index (χ0n) is 8.04. The number of thiocarbonyl (C=S) groups is 1. The first kappa shape index (κ1) is 12.9. The summed E-state index contributed by atoms with van der Waals surface area (Å²) in [6.45, 7) is -0.693. The third kappa shape index (κ3) is 4.16. The fourth-order valence-corrected chi connectivity index (χ4v) is 1.34. The van der Waals surface area contributed by atoms with Crippen LogP contribution in [0.3, 0.4) is 0 Å². The number of nitrogens with two attached hydrogens (primary N) is 1. The largest absolute Gasteiger partial charge is 0.486 e. The molecule has 88 valence electrons. The highest BCUT2D eigenvalue weighted by Crippen LogP contribution is 2.27. The molecule has 0 atom stereocenters. The van der Waals surface area contributed by atoms with Crippen molar-refractivity contribution in [2.75, 3.05) is 11.9 Å². The lowest BCUT2D eigenvalue weighted by atomic mass is 10.3. The van der Waals surface area contributed by atoms with Crippen molar-refractivity contribution in [1.82, 2.24) is 0 Å². The van der Waals surface area contributed by atoms with E-state index in [2.05, 4.69) is 17.5 Å². The van der Waals surface area contributed by atoms with Crippen LogP contribution < -0.4 is 15.8 Å². The Labute approximate surface area is 102 Å². The van der Waals surface area contributed by atoms with Crippen LogP contribution in [0.2, 0.25) is 5.02 Å². The van der Waals surface area contributed by atoms with Gasteiger partial charge in [0.05, 0.1) is 5.02 Å². The van der Waals surface area contributed by atoms with Gasteiger partial charge in [0.15, 0.2) is 5.11 Å². The van der Waals surface area contributed by atoms with Gasteiger partial charge in [0, 0.05) is 5.69 Å². The molecule has 0 bridgehead atoms. The van der Waals surface area contributed by atoms with Gasteiger partial charge in [-0.1, -0.05) is 11.6 Å². The zero-order chi connectivity index (χ0) is 12.1. The van der Waals surface area contributed by atoms with Crippen LogP contribution in [-0.4, -0.2) is 18.1 Å². The molecule has 0 spiro atoms. The second kappa shape index (κ2) is 5.81. The molecule has 1 rings (SSSR count). The summed E-state index contributed by atoms with van der Waals surface area (Å²) in [5.41, 5.74) is 5.83. The zero-order valence-corrected chi connectivity index (χ0v) is 9.62. The first-order valence-electron chi connectivity index (χ1n) is 4.26. The van der Waals surface area contributed by atoms with E-state index in [1.54, 1.807) is 6.07 Å². The van der Waals surface area contributed by atoms with Crippen molar-refractivity contribution < 1.29 is 13.5 Å². The molecular formula is C9H9ClF2N2OS. The molecule has 0 radical (unpaired) electrons. The average molecular weight is 267 g/mol. The maximum Gasteiger partial charge on any atom is 0.272 e. The first-order chi connectivity index (χ1) is 7.49. The standard InChI is InChI=1S/C9H9ClF2N2OS/c10-6-3-5(14-9(13)16)1-2-7(6)15-4-8(11)12/h1-3,8H,4H2,(H3,13,14,16). The summed E-state index contributed by atoms with van der Waals surface area (Å²) in [4.78, 5) is 0. The lowest BCUT2D eigenvalue weighted by molar-refractivity contribution is 0.0820. The molecule has 0 amide bonds. The molecule has 1 aromatic carbocycles. The molecule has 0 saturated carbocycles. The highest BCUT2D eigenvalue weighted by atomic mass is 35.5. The predicted molar refractivity (Wildman–Crippen MR) is 63.4 cm³/mol. The molecule has 3 nitrogen and oxygen atoms in total. The molecule has 0 fully saturated rings. The summed E-state index contributed by atoms with van der Waals surface area (Å²) in [6, 6.07) is 4.53. The Morgan fingerprint density at radius 2 is 2.25 bits per heavy atom. The van der Waals surface area contributed by atoms with Crippen LogP contribution in [-0.2, 0) is 0 Å². The maximum atomic E-state index is 11.9. The summed E-state index contributed by atoms with van der Waals surface area (Å²) in [6.07, 6.45) is -2.54. The lowest BCUT2D eigenvalue weighted by Crippen LogP contribution is -2.18. The van der Waals surface area contributed by atoms with Crippen LogP contribution >= 0.6 is 23.8 Å². The molecule has 3 N–H and O–H groups in total. The van der Waals surface area contributed by atoms with Gasteiger partial charge in [0.1, 0.15) is 12.4 Å². The van der Waals surface area contributed by atoms with E-state index in [0.717, 1.165) is 0 Å². The first-order valence-corrected chi connectivity index (χ1v) is 5.04. The maximum absolute atomic E-state index is 11.9. The number of benzene rings is 1. The van der Waals surface area contributed by atoms with E-state index in [1.165, 1.54) is 12.1 Å². The van der Waals surface area contributed by atoms with E-state index in [9.17, 15) is 8.78 Å². The van der Waals surface area contributed by atoms with Crippen LogP contribution in [0.5, 0.6) is 5.75 Å². The van der Waals surface area contributed by atoms with Gasteiger partial charge in [-0.25, -0.2) is 8.78 Å². The minimum Gasteiger partial charge on any atom is -0.486 e. The van der Waals surface area contributed by atoms with Crippen LogP contribution in [0.1, 0.15) is 0 Å². The molecule has 0 aliphatic carbocycles. The van der Waals surface area contributed by atoms with Gasteiger partial charge in [-0.2, -0.15) is 0 Å². The molecule has 16 heavy (non-hydrogen) atoms. The number of hydrogen-bond donors (Lipinski definition) is 2. The molecule has 0 unspecified atom stereocenters. The third-order valence-electron chi connectivity index (χ3n) is 1.56. The number of hydrogen-bond acceptors (Lipinski definition) is 2. The quantitative estimate of drug-likeness (QED) is 0.823. The van der Waals surface area contributed by atoms with Crippen molar-refractivity contribution in [3.63, 3.8) is 0 Å². The smallest absolute Gasteiger partial charge is 0.272 e. The van der Waals surface area contributed by atoms with Crippen LogP contribution in [0.4, 0.5) is 14.5 Å². The van der Waals surface area contributed by atoms with Gasteiger partial charge >= 0.3 is 0 Å². The second-order valence-corrected chi connectivity index (χ2v) is 3.68. The van der Waals surface area contributed by atoms with Crippen LogP contribution in [0.25, 0.3) is 0 Å². The van der Waals surface area contributed by atoms with Crippen molar-refractivity contribution in [2.45, 2.75) is 6.43 Å². The van der Waals surface area contributed by atoms with Gasteiger partial charge in [0.2, 0.25) is 0 Å². The SMILES string of the molecule is NC(=S)Nc1ccc(OCC(F)F)c(Cl)c1. The summed E-state index contributed by atoms with van der Waals surface area (Å²) in [5.74, 6) is 0.190. The van der Waals surface area contributed by atoms with Crippen molar-refractivity contribution in [3.8, 4) is 5.75 Å². The molecule has 0 aromatic heterocycles. The van der Waals surface area contributed by atoms with Crippen LogP contribution in [0.15, 0.2) is 18.2 Å². The Hall–Kier alpha value is -1.14. The van der Waals surface area contributed by atoms with Gasteiger partial charge in [-0.05, 0) is 30.4 Å². The molecule has 0 aliphatic heterocycles. The third-order valence-corrected chi connectivity index (χ3v) is 1.96. The predicted octanol–water partition coefficient (Wildman–Crippen LogP) is 2.64. The fourth-order valence-electron chi connectivity index (χ4n) is 0.991. The van der Waals surface area contributed by atoms with Crippen molar-refractivity contribution in [2.24, 2.45) is 5.73 Å². The van der Waals surface area contributed by atoms with Gasteiger partial charge < -0.3 is 15.8 Å². The van der Waals surface area contributed by atoms with E-state index < -0.39 is 13.0 Å². The Kier molecular flexibility index (Phi) is 4.70. The number of rotatable bonds is 4. The Bertz CT molecular complexity index is 390. The number of ether oxygens (including phenoxy) is 1. The molecule has 7 heteroatoms. The topological polar surface area (TPSA) is 47.3 Å². The lowest BCUT2D eigenvalue weighted by Gasteiger charge is -2.09.